The summed E-state index contributed by atoms with van der Waals surface area (Å²) in [4.78, 5) is 41.4. The molecule has 0 N–H and O–H groups in total. The van der Waals surface area contributed by atoms with Gasteiger partial charge in [-0.25, -0.2) is 4.79 Å². The van der Waals surface area contributed by atoms with Crippen LogP contribution < -0.4 is 4.74 Å². The van der Waals surface area contributed by atoms with Gasteiger partial charge in [0.25, 0.3) is 5.69 Å². The molecule has 1 aliphatic rings. The lowest BCUT2D eigenvalue weighted by molar-refractivity contribution is -0.384. The number of carbonyl (C=O) groups excluding carboxylic acids is 2. The summed E-state index contributed by atoms with van der Waals surface area (Å²) in [6.07, 6.45) is 1.90. The third-order valence-electron chi connectivity index (χ3n) is 6.58. The molecule has 0 saturated heterocycles. The van der Waals surface area contributed by atoms with Crippen molar-refractivity contribution < 1.29 is 33.5 Å². The fraction of sp³-hybridized carbons (Fsp3) is 0.433. The largest absolute Gasteiger partial charge is 0.490 e. The molecule has 3 rings (SSSR count). The number of hydrogen-bond acceptors (Lipinski definition) is 9. The number of nitro groups is 1. The molecule has 214 valence electrons. The first-order chi connectivity index (χ1) is 19.2. The highest BCUT2D eigenvalue weighted by Gasteiger charge is 2.42. The number of benzene rings is 2. The molecule has 2 aromatic carbocycles. The number of non-ortho nitro benzene ring substituents is 1. The van der Waals surface area contributed by atoms with E-state index in [9.17, 15) is 19.7 Å². The van der Waals surface area contributed by atoms with Crippen molar-refractivity contribution in [1.82, 2.24) is 0 Å². The molecule has 10 heteroatoms. The molecule has 3 atom stereocenters. The normalized spacial score (nSPS) is 17.6. The Morgan fingerprint density at radius 3 is 2.45 bits per heavy atom. The number of hydrogen-bond donors (Lipinski definition) is 0. The number of nitro benzene ring substituents is 1. The maximum absolute atomic E-state index is 13.3. The minimum absolute atomic E-state index is 0.0491. The molecule has 2 unspecified atom stereocenters. The molecule has 1 aliphatic heterocycles. The zero-order valence-electron chi connectivity index (χ0n) is 23.5. The second-order valence-electron chi connectivity index (χ2n) is 9.60. The summed E-state index contributed by atoms with van der Waals surface area (Å²) in [5.41, 5.74) is 2.34. The molecule has 2 aromatic rings. The van der Waals surface area contributed by atoms with Gasteiger partial charge in [0.1, 0.15) is 24.9 Å². The van der Waals surface area contributed by atoms with Crippen molar-refractivity contribution in [1.29, 1.82) is 0 Å². The average molecular weight is 553 g/mol. The van der Waals surface area contributed by atoms with Crippen LogP contribution in [0.15, 0.2) is 64.8 Å². The highest BCUT2D eigenvalue weighted by Crippen LogP contribution is 2.40. The topological polar surface area (TPSA) is 127 Å². The van der Waals surface area contributed by atoms with E-state index >= 15 is 0 Å². The van der Waals surface area contributed by atoms with Crippen molar-refractivity contribution in [3.63, 3.8) is 0 Å². The fourth-order valence-electron chi connectivity index (χ4n) is 4.73. The third-order valence-corrected chi connectivity index (χ3v) is 6.58. The van der Waals surface area contributed by atoms with Crippen LogP contribution in [0.1, 0.15) is 51.2 Å². The zero-order valence-corrected chi connectivity index (χ0v) is 23.5. The van der Waals surface area contributed by atoms with Crippen LogP contribution in [-0.4, -0.2) is 55.6 Å². The van der Waals surface area contributed by atoms with Crippen molar-refractivity contribution in [3.05, 3.63) is 81.0 Å². The molecule has 0 saturated carbocycles. The summed E-state index contributed by atoms with van der Waals surface area (Å²) in [5, 5.41) is 11.4. The summed E-state index contributed by atoms with van der Waals surface area (Å²) in [6.45, 7) is 8.22. The number of rotatable bonds is 13. The van der Waals surface area contributed by atoms with Gasteiger partial charge >= 0.3 is 11.9 Å². The first kappa shape index (κ1) is 30.5. The van der Waals surface area contributed by atoms with Crippen molar-refractivity contribution >= 4 is 23.3 Å². The Kier molecular flexibility index (Phi) is 11.0. The lowest BCUT2D eigenvalue weighted by atomic mass is 9.75. The second-order valence-corrected chi connectivity index (χ2v) is 9.60. The number of nitrogens with zero attached hydrogens (tertiary/aromatic N) is 2. The Morgan fingerprint density at radius 2 is 1.80 bits per heavy atom. The lowest BCUT2D eigenvalue weighted by Crippen LogP contribution is -2.36. The monoisotopic (exact) mass is 552 g/mol. The smallest absolute Gasteiger partial charge is 0.336 e. The van der Waals surface area contributed by atoms with Gasteiger partial charge in [-0.1, -0.05) is 31.2 Å². The number of carbonyl (C=O) groups is 2. The first-order valence-corrected chi connectivity index (χ1v) is 13.2. The van der Waals surface area contributed by atoms with Crippen LogP contribution in [-0.2, 0) is 30.2 Å². The minimum Gasteiger partial charge on any atom is -0.490 e. The summed E-state index contributed by atoms with van der Waals surface area (Å²) >= 11 is 0. The van der Waals surface area contributed by atoms with Gasteiger partial charge in [0.15, 0.2) is 0 Å². The van der Waals surface area contributed by atoms with Gasteiger partial charge < -0.3 is 18.9 Å². The highest BCUT2D eigenvalue weighted by atomic mass is 16.6. The molecule has 0 bridgehead atoms. The molecule has 0 radical (unpaired) electrons. The molecule has 0 spiro atoms. The number of methoxy groups -OCH3 is 1. The maximum atomic E-state index is 13.3. The van der Waals surface area contributed by atoms with E-state index in [1.165, 1.54) is 25.3 Å². The maximum Gasteiger partial charge on any atom is 0.336 e. The van der Waals surface area contributed by atoms with E-state index < -0.39 is 28.7 Å². The zero-order chi connectivity index (χ0) is 29.2. The Labute approximate surface area is 234 Å². The van der Waals surface area contributed by atoms with Gasteiger partial charge in [-0.2, -0.15) is 0 Å². The Balaban J connectivity index is 1.70. The van der Waals surface area contributed by atoms with Crippen molar-refractivity contribution in [2.75, 3.05) is 26.9 Å². The number of esters is 2. The van der Waals surface area contributed by atoms with E-state index in [1.807, 2.05) is 31.2 Å². The predicted octanol–water partition coefficient (Wildman–Crippen LogP) is 5.20. The van der Waals surface area contributed by atoms with Crippen LogP contribution >= 0.6 is 0 Å². The first-order valence-electron chi connectivity index (χ1n) is 13.2. The van der Waals surface area contributed by atoms with Crippen LogP contribution in [0.5, 0.6) is 5.75 Å². The Hall–Kier alpha value is -4.05. The molecular weight excluding hydrogens is 516 g/mol. The highest BCUT2D eigenvalue weighted by molar-refractivity contribution is 6.07. The van der Waals surface area contributed by atoms with Gasteiger partial charge in [0.05, 0.1) is 23.7 Å². The molecule has 40 heavy (non-hydrogen) atoms. The van der Waals surface area contributed by atoms with Gasteiger partial charge in [-0.15, -0.1) is 0 Å². The second kappa shape index (κ2) is 14.4. The molecule has 0 aromatic heterocycles. The molecular formula is C30H36N2O8. The van der Waals surface area contributed by atoms with E-state index in [0.717, 1.165) is 25.0 Å². The summed E-state index contributed by atoms with van der Waals surface area (Å²) in [7, 11) is 1.24. The van der Waals surface area contributed by atoms with Crippen molar-refractivity contribution in [3.8, 4) is 5.75 Å². The fourth-order valence-corrected chi connectivity index (χ4v) is 4.73. The van der Waals surface area contributed by atoms with Crippen LogP contribution in [0.2, 0.25) is 0 Å². The number of aliphatic imine (C=N–C) groups is 1. The molecule has 0 fully saturated rings. The van der Waals surface area contributed by atoms with Gasteiger partial charge in [0.2, 0.25) is 0 Å². The van der Waals surface area contributed by atoms with E-state index in [0.29, 0.717) is 22.7 Å². The van der Waals surface area contributed by atoms with E-state index in [-0.39, 0.29) is 30.6 Å². The van der Waals surface area contributed by atoms with Crippen LogP contribution in [0.25, 0.3) is 0 Å². The SMILES string of the molecule is CCCO[C@@H](C)Cc1ccc(OCCOC(=O)C2=C(C)N=C(C)C(C(=O)OC)C2c2cccc([N+](=O)[O-])c2)cc1. The van der Waals surface area contributed by atoms with Crippen LogP contribution in [0, 0.1) is 16.0 Å². The molecule has 1 heterocycles. The minimum atomic E-state index is -0.942. The number of ether oxygens (including phenoxy) is 4. The Morgan fingerprint density at radius 1 is 1.07 bits per heavy atom. The molecule has 10 nitrogen and oxygen atoms in total. The average Bonchev–Trinajstić information content (AvgIpc) is 2.94. The summed E-state index contributed by atoms with van der Waals surface area (Å²) < 4.78 is 22.0. The van der Waals surface area contributed by atoms with Gasteiger partial charge in [-0.3, -0.25) is 19.9 Å². The van der Waals surface area contributed by atoms with Gasteiger partial charge in [0, 0.05) is 36.1 Å². The standard InChI is InChI=1S/C30H36N2O8/c1-6-14-38-19(2)17-22-10-12-25(13-11-22)39-15-16-40-30(34)27-21(4)31-20(3)26(29(33)37-5)28(27)23-8-7-9-24(18-23)32(35)36/h7-13,18-19,26,28H,6,14-17H2,1-5H3/t19-,26?,28?/m0/s1. The lowest BCUT2D eigenvalue weighted by Gasteiger charge is -2.31. The van der Waals surface area contributed by atoms with E-state index in [1.54, 1.807) is 19.9 Å². The van der Waals surface area contributed by atoms with Crippen molar-refractivity contribution in [2.24, 2.45) is 10.9 Å². The van der Waals surface area contributed by atoms with Gasteiger partial charge in [-0.05, 0) is 56.9 Å². The summed E-state index contributed by atoms with van der Waals surface area (Å²) in [5.74, 6) is -2.46. The quantitative estimate of drug-likeness (QED) is 0.144. The third kappa shape index (κ3) is 7.75. The number of allylic oxidation sites excluding steroid dienone is 1. The summed E-state index contributed by atoms with van der Waals surface area (Å²) in [6, 6.07) is 13.5. The molecule has 0 aliphatic carbocycles. The van der Waals surface area contributed by atoms with E-state index in [4.69, 9.17) is 18.9 Å². The van der Waals surface area contributed by atoms with Crippen LogP contribution in [0.4, 0.5) is 5.69 Å². The van der Waals surface area contributed by atoms with Crippen molar-refractivity contribution in [2.45, 2.75) is 52.6 Å². The Bertz CT molecular complexity index is 1270. The molecule has 0 amide bonds. The van der Waals surface area contributed by atoms with E-state index in [2.05, 4.69) is 11.9 Å². The predicted molar refractivity (Wildman–Crippen MR) is 149 cm³/mol. The van der Waals surface area contributed by atoms with Crippen LogP contribution in [0.3, 0.4) is 0 Å².